The lowest BCUT2D eigenvalue weighted by Gasteiger charge is -2.26. The Labute approximate surface area is 170 Å². The van der Waals surface area contributed by atoms with E-state index in [9.17, 15) is 0 Å². The molecule has 0 saturated carbocycles. The first-order chi connectivity index (χ1) is 14.1. The van der Waals surface area contributed by atoms with E-state index in [1.54, 1.807) is 18.0 Å². The van der Waals surface area contributed by atoms with Gasteiger partial charge >= 0.3 is 0 Å². The van der Waals surface area contributed by atoms with Crippen LogP contribution in [0.15, 0.2) is 42.6 Å². The Bertz CT molecular complexity index is 1030. The number of rotatable bonds is 5. The second-order valence-corrected chi connectivity index (χ2v) is 6.88. The van der Waals surface area contributed by atoms with Gasteiger partial charge in [-0.3, -0.25) is 10.1 Å². The summed E-state index contributed by atoms with van der Waals surface area (Å²) in [6, 6.07) is 11.4. The quantitative estimate of drug-likeness (QED) is 0.509. The molecule has 0 radical (unpaired) electrons. The standard InChI is InChI=1S/C21H24N6O2.H2/c1-26-18(12-19(25-26)27-7-9-29-10-8-27)21(23)16-11-14(3-5-17(16)22)15-4-6-20(28-2)24-13-15;/h3-6,11-13,23H,7-10,22H2,1-2H3;1H. The van der Waals surface area contributed by atoms with Crippen LogP contribution < -0.4 is 15.4 Å². The van der Waals surface area contributed by atoms with Gasteiger partial charge in [0.1, 0.15) is 0 Å². The summed E-state index contributed by atoms with van der Waals surface area (Å²) in [4.78, 5) is 6.43. The van der Waals surface area contributed by atoms with E-state index in [-0.39, 0.29) is 1.43 Å². The highest BCUT2D eigenvalue weighted by Crippen LogP contribution is 2.27. The van der Waals surface area contributed by atoms with E-state index in [1.807, 2.05) is 43.4 Å². The molecule has 0 unspecified atom stereocenters. The van der Waals surface area contributed by atoms with Crippen molar-refractivity contribution in [2.75, 3.05) is 44.0 Å². The summed E-state index contributed by atoms with van der Waals surface area (Å²) in [6.45, 7) is 2.97. The van der Waals surface area contributed by atoms with Crippen LogP contribution in [0.1, 0.15) is 12.7 Å². The Kier molecular flexibility index (Phi) is 5.18. The molecule has 3 aromatic rings. The molecule has 1 aliphatic heterocycles. The number of hydrogen-bond donors (Lipinski definition) is 2. The minimum atomic E-state index is 0. The Morgan fingerprint density at radius 3 is 2.62 bits per heavy atom. The van der Waals surface area contributed by atoms with Crippen molar-refractivity contribution in [1.29, 1.82) is 5.41 Å². The van der Waals surface area contributed by atoms with Gasteiger partial charge in [-0.05, 0) is 23.8 Å². The number of aromatic nitrogens is 3. The van der Waals surface area contributed by atoms with E-state index < -0.39 is 0 Å². The second-order valence-electron chi connectivity index (χ2n) is 6.88. The van der Waals surface area contributed by atoms with Gasteiger partial charge in [-0.1, -0.05) is 6.07 Å². The van der Waals surface area contributed by atoms with Crippen molar-refractivity contribution in [2.24, 2.45) is 7.05 Å². The molecule has 1 aliphatic rings. The highest BCUT2D eigenvalue weighted by Gasteiger charge is 2.19. The number of nitrogens with one attached hydrogen (secondary N) is 1. The van der Waals surface area contributed by atoms with Crippen molar-refractivity contribution < 1.29 is 10.9 Å². The number of hydrogen-bond acceptors (Lipinski definition) is 7. The van der Waals surface area contributed by atoms with Gasteiger partial charge in [-0.15, -0.1) is 0 Å². The molecule has 0 atom stereocenters. The van der Waals surface area contributed by atoms with Crippen LogP contribution in [-0.2, 0) is 11.8 Å². The number of morpholine rings is 1. The Hall–Kier alpha value is -3.39. The van der Waals surface area contributed by atoms with Gasteiger partial charge in [-0.2, -0.15) is 5.10 Å². The Morgan fingerprint density at radius 2 is 1.93 bits per heavy atom. The van der Waals surface area contributed by atoms with Crippen LogP contribution in [0.5, 0.6) is 5.88 Å². The summed E-state index contributed by atoms with van der Waals surface area (Å²) in [6.07, 6.45) is 1.75. The molecule has 152 valence electrons. The zero-order valence-corrected chi connectivity index (χ0v) is 16.6. The number of nitrogen functional groups attached to an aromatic ring is 1. The third-order valence-corrected chi connectivity index (χ3v) is 5.06. The number of anilines is 2. The fourth-order valence-corrected chi connectivity index (χ4v) is 3.40. The van der Waals surface area contributed by atoms with Crippen molar-refractivity contribution in [3.8, 4) is 17.0 Å². The summed E-state index contributed by atoms with van der Waals surface area (Å²) in [5, 5.41) is 13.4. The summed E-state index contributed by atoms with van der Waals surface area (Å²) in [7, 11) is 3.44. The molecule has 0 amide bonds. The first-order valence-corrected chi connectivity index (χ1v) is 9.43. The number of ether oxygens (including phenoxy) is 2. The average molecular weight is 394 g/mol. The summed E-state index contributed by atoms with van der Waals surface area (Å²) in [5.74, 6) is 1.41. The van der Waals surface area contributed by atoms with Crippen molar-refractivity contribution in [3.63, 3.8) is 0 Å². The van der Waals surface area contributed by atoms with Crippen molar-refractivity contribution in [2.45, 2.75) is 0 Å². The van der Waals surface area contributed by atoms with E-state index in [4.69, 9.17) is 20.6 Å². The predicted molar refractivity (Wildman–Crippen MR) is 115 cm³/mol. The van der Waals surface area contributed by atoms with Crippen LogP contribution in [0.3, 0.4) is 0 Å². The summed E-state index contributed by atoms with van der Waals surface area (Å²) in [5.41, 5.74) is 10.3. The first-order valence-electron chi connectivity index (χ1n) is 9.43. The molecule has 0 bridgehead atoms. The molecule has 0 aliphatic carbocycles. The smallest absolute Gasteiger partial charge is 0.212 e. The Balaban J connectivity index is 0.00000256. The molecule has 1 aromatic carbocycles. The van der Waals surface area contributed by atoms with Crippen LogP contribution in [0.2, 0.25) is 0 Å². The minimum Gasteiger partial charge on any atom is -0.481 e. The van der Waals surface area contributed by atoms with Gasteiger partial charge in [0.05, 0.1) is 31.7 Å². The van der Waals surface area contributed by atoms with E-state index >= 15 is 0 Å². The van der Waals surface area contributed by atoms with E-state index in [1.165, 1.54) is 0 Å². The van der Waals surface area contributed by atoms with Gasteiger partial charge in [0.2, 0.25) is 5.88 Å². The Morgan fingerprint density at radius 1 is 1.17 bits per heavy atom. The van der Waals surface area contributed by atoms with E-state index in [0.717, 1.165) is 30.0 Å². The van der Waals surface area contributed by atoms with Crippen LogP contribution in [0.4, 0.5) is 11.5 Å². The van der Waals surface area contributed by atoms with Crippen molar-refractivity contribution in [1.82, 2.24) is 14.8 Å². The zero-order chi connectivity index (χ0) is 20.4. The maximum absolute atomic E-state index is 8.78. The van der Waals surface area contributed by atoms with Gasteiger partial charge < -0.3 is 20.1 Å². The molecule has 8 heteroatoms. The lowest BCUT2D eigenvalue weighted by molar-refractivity contribution is 0.122. The van der Waals surface area contributed by atoms with Crippen LogP contribution in [0, 0.1) is 5.41 Å². The number of aryl methyl sites for hydroxylation is 1. The molecule has 2 aromatic heterocycles. The molecule has 3 heterocycles. The number of nitrogens with zero attached hydrogens (tertiary/aromatic N) is 4. The summed E-state index contributed by atoms with van der Waals surface area (Å²) >= 11 is 0. The van der Waals surface area contributed by atoms with Crippen LogP contribution in [-0.4, -0.2) is 53.9 Å². The second kappa shape index (κ2) is 7.92. The minimum absolute atomic E-state index is 0. The van der Waals surface area contributed by atoms with Gasteiger partial charge in [0.15, 0.2) is 5.82 Å². The fourth-order valence-electron chi connectivity index (χ4n) is 3.40. The highest BCUT2D eigenvalue weighted by atomic mass is 16.5. The average Bonchev–Trinajstić information content (AvgIpc) is 3.16. The SMILES string of the molecule is COc1ccc(-c2ccc(N)c(C(=N)c3cc(N4CCOCC4)nn3C)c2)cn1.[HH]. The maximum Gasteiger partial charge on any atom is 0.212 e. The van der Waals surface area contributed by atoms with Gasteiger partial charge in [0, 0.05) is 56.7 Å². The number of benzene rings is 1. The third kappa shape index (κ3) is 3.79. The molecule has 8 nitrogen and oxygen atoms in total. The lowest BCUT2D eigenvalue weighted by atomic mass is 9.99. The molecule has 1 fully saturated rings. The number of pyridine rings is 1. The number of nitrogens with two attached hydrogens (primary N) is 1. The van der Waals surface area contributed by atoms with Crippen molar-refractivity contribution >= 4 is 17.2 Å². The maximum atomic E-state index is 8.78. The third-order valence-electron chi connectivity index (χ3n) is 5.06. The first kappa shape index (κ1) is 18.9. The molecule has 1 saturated heterocycles. The largest absolute Gasteiger partial charge is 0.481 e. The topological polar surface area (TPSA) is 102 Å². The van der Waals surface area contributed by atoms with E-state index in [2.05, 4.69) is 15.0 Å². The zero-order valence-electron chi connectivity index (χ0n) is 16.6. The van der Waals surface area contributed by atoms with E-state index in [0.29, 0.717) is 41.8 Å². The highest BCUT2D eigenvalue weighted by molar-refractivity contribution is 6.13. The number of methoxy groups -OCH3 is 1. The van der Waals surface area contributed by atoms with Crippen molar-refractivity contribution in [3.05, 3.63) is 53.9 Å². The normalized spacial score (nSPS) is 14.1. The molecule has 29 heavy (non-hydrogen) atoms. The summed E-state index contributed by atoms with van der Waals surface area (Å²) < 4.78 is 12.3. The monoisotopic (exact) mass is 394 g/mol. The molecular weight excluding hydrogens is 368 g/mol. The fraction of sp³-hybridized carbons (Fsp3) is 0.286. The molecule has 4 rings (SSSR count). The van der Waals surface area contributed by atoms with Crippen LogP contribution in [0.25, 0.3) is 11.1 Å². The predicted octanol–water partition coefficient (Wildman–Crippen LogP) is 2.57. The lowest BCUT2D eigenvalue weighted by Crippen LogP contribution is -2.36. The molecule has 3 N–H and O–H groups in total. The molecular formula is C21H26N6O2. The van der Waals surface area contributed by atoms with Gasteiger partial charge in [0.25, 0.3) is 0 Å². The van der Waals surface area contributed by atoms with Gasteiger partial charge in [-0.25, -0.2) is 4.98 Å². The van der Waals surface area contributed by atoms with Crippen LogP contribution >= 0.6 is 0 Å². The molecule has 0 spiro atoms.